The molecule has 134 valence electrons. The van der Waals surface area contributed by atoms with Crippen molar-refractivity contribution in [2.75, 3.05) is 19.7 Å². The van der Waals surface area contributed by atoms with Crippen LogP contribution in [0.1, 0.15) is 33.6 Å². The summed E-state index contributed by atoms with van der Waals surface area (Å²) in [6, 6.07) is 0. The van der Waals surface area contributed by atoms with Crippen LogP contribution in [-0.2, 0) is 23.9 Å². The van der Waals surface area contributed by atoms with Crippen molar-refractivity contribution in [2.45, 2.75) is 39.7 Å². The Labute approximate surface area is 140 Å². The lowest BCUT2D eigenvalue weighted by molar-refractivity contribution is -0.143. The van der Waals surface area contributed by atoms with Crippen LogP contribution < -0.4 is 5.32 Å². The van der Waals surface area contributed by atoms with Crippen molar-refractivity contribution in [2.24, 2.45) is 5.41 Å². The lowest BCUT2D eigenvalue weighted by Crippen LogP contribution is -2.44. The monoisotopic (exact) mass is 340 g/mol. The molecule has 1 aliphatic heterocycles. The van der Waals surface area contributed by atoms with Gasteiger partial charge in [0.2, 0.25) is 5.91 Å². The van der Waals surface area contributed by atoms with Gasteiger partial charge in [-0.3, -0.25) is 24.1 Å². The molecule has 24 heavy (non-hydrogen) atoms. The molecule has 1 atom stereocenters. The van der Waals surface area contributed by atoms with E-state index in [9.17, 15) is 19.2 Å². The van der Waals surface area contributed by atoms with Crippen molar-refractivity contribution in [3.63, 3.8) is 0 Å². The number of aliphatic carboxylic acids is 1. The Morgan fingerprint density at radius 1 is 1.29 bits per heavy atom. The van der Waals surface area contributed by atoms with E-state index < -0.39 is 29.3 Å². The number of amides is 3. The Bertz CT molecular complexity index is 523. The number of nitrogens with zero attached hydrogens (tertiary/aromatic N) is 1. The fraction of sp³-hybridized carbons (Fsp3) is 0.625. The highest BCUT2D eigenvalue weighted by Gasteiger charge is 2.32. The lowest BCUT2D eigenvalue weighted by Gasteiger charge is -2.33. The average Bonchev–Trinajstić information content (AvgIpc) is 2.81. The van der Waals surface area contributed by atoms with Gasteiger partial charge in [0.05, 0.1) is 12.5 Å². The van der Waals surface area contributed by atoms with Crippen LogP contribution in [0, 0.1) is 5.41 Å². The third kappa shape index (κ3) is 5.77. The SMILES string of the molecule is CCO[C@H](CC(=O)O)C(C)(C)CNC(=O)CCN1C(=O)C=CC1=O. The molecule has 0 aromatic rings. The van der Waals surface area contributed by atoms with Gasteiger partial charge in [-0.15, -0.1) is 0 Å². The molecule has 1 aliphatic rings. The highest BCUT2D eigenvalue weighted by molar-refractivity contribution is 6.13. The normalized spacial score (nSPS) is 15.7. The predicted molar refractivity (Wildman–Crippen MR) is 84.9 cm³/mol. The topological polar surface area (TPSA) is 113 Å². The Kier molecular flexibility index (Phi) is 7.09. The van der Waals surface area contributed by atoms with Crippen LogP contribution in [0.4, 0.5) is 0 Å². The molecule has 0 unspecified atom stereocenters. The van der Waals surface area contributed by atoms with E-state index >= 15 is 0 Å². The van der Waals surface area contributed by atoms with Crippen LogP contribution in [0.5, 0.6) is 0 Å². The van der Waals surface area contributed by atoms with Crippen molar-refractivity contribution < 1.29 is 29.0 Å². The van der Waals surface area contributed by atoms with Gasteiger partial charge < -0.3 is 15.2 Å². The molecule has 1 heterocycles. The molecule has 0 bridgehead atoms. The van der Waals surface area contributed by atoms with Gasteiger partial charge in [-0.05, 0) is 6.92 Å². The molecule has 0 aromatic carbocycles. The molecule has 0 spiro atoms. The Hall–Kier alpha value is -2.22. The third-order valence-corrected chi connectivity index (χ3v) is 3.80. The average molecular weight is 340 g/mol. The van der Waals surface area contributed by atoms with E-state index in [0.717, 1.165) is 4.90 Å². The summed E-state index contributed by atoms with van der Waals surface area (Å²) in [6.45, 7) is 6.02. The number of carboxylic acid groups (broad SMARTS) is 1. The zero-order chi connectivity index (χ0) is 18.3. The minimum Gasteiger partial charge on any atom is -0.481 e. The van der Waals surface area contributed by atoms with Gasteiger partial charge in [-0.25, -0.2) is 0 Å². The minimum atomic E-state index is -0.966. The largest absolute Gasteiger partial charge is 0.481 e. The van der Waals surface area contributed by atoms with Gasteiger partial charge in [0.15, 0.2) is 0 Å². The van der Waals surface area contributed by atoms with E-state index in [1.54, 1.807) is 6.92 Å². The van der Waals surface area contributed by atoms with Gasteiger partial charge in [0.1, 0.15) is 0 Å². The molecule has 0 aromatic heterocycles. The fourth-order valence-corrected chi connectivity index (χ4v) is 2.31. The number of hydrogen-bond donors (Lipinski definition) is 2. The summed E-state index contributed by atoms with van der Waals surface area (Å²) in [4.78, 5) is 46.6. The zero-order valence-corrected chi connectivity index (χ0v) is 14.2. The van der Waals surface area contributed by atoms with Crippen LogP contribution >= 0.6 is 0 Å². The standard InChI is InChI=1S/C16H24N2O6/c1-4-24-11(9-15(22)23)16(2,3)10-17-12(19)7-8-18-13(20)5-6-14(18)21/h5-6,11H,4,7-10H2,1-3H3,(H,17,19)(H,22,23)/t11-/m1/s1. The van der Waals surface area contributed by atoms with E-state index in [1.165, 1.54) is 12.2 Å². The van der Waals surface area contributed by atoms with Gasteiger partial charge in [0.25, 0.3) is 11.8 Å². The molecular weight excluding hydrogens is 316 g/mol. The summed E-state index contributed by atoms with van der Waals surface area (Å²) in [5.41, 5.74) is -0.578. The third-order valence-electron chi connectivity index (χ3n) is 3.80. The number of carbonyl (C=O) groups excluding carboxylic acids is 3. The van der Waals surface area contributed by atoms with E-state index in [4.69, 9.17) is 9.84 Å². The number of carboxylic acids is 1. The highest BCUT2D eigenvalue weighted by Crippen LogP contribution is 2.25. The first-order valence-electron chi connectivity index (χ1n) is 7.81. The number of carbonyl (C=O) groups is 4. The second-order valence-electron chi connectivity index (χ2n) is 6.22. The summed E-state index contributed by atoms with van der Waals surface area (Å²) in [5.74, 6) is -2.13. The van der Waals surface area contributed by atoms with E-state index in [1.807, 2.05) is 13.8 Å². The molecule has 1 rings (SSSR count). The molecule has 0 saturated heterocycles. The second kappa shape index (κ2) is 8.58. The lowest BCUT2D eigenvalue weighted by atomic mass is 9.84. The maximum Gasteiger partial charge on any atom is 0.306 e. The molecular formula is C16H24N2O6. The minimum absolute atomic E-state index is 0.00648. The maximum atomic E-state index is 11.9. The Morgan fingerprint density at radius 3 is 2.38 bits per heavy atom. The first-order chi connectivity index (χ1) is 11.2. The van der Waals surface area contributed by atoms with Crippen LogP contribution in [0.25, 0.3) is 0 Å². The van der Waals surface area contributed by atoms with Crippen molar-refractivity contribution in [1.82, 2.24) is 10.2 Å². The molecule has 8 heteroatoms. The summed E-state index contributed by atoms with van der Waals surface area (Å²) in [7, 11) is 0. The number of nitrogens with one attached hydrogen (secondary N) is 1. The molecule has 2 N–H and O–H groups in total. The summed E-state index contributed by atoms with van der Waals surface area (Å²) >= 11 is 0. The first kappa shape index (κ1) is 19.8. The van der Waals surface area contributed by atoms with Gasteiger partial charge in [-0.2, -0.15) is 0 Å². The van der Waals surface area contributed by atoms with Crippen molar-refractivity contribution >= 4 is 23.7 Å². The Morgan fingerprint density at radius 2 is 1.88 bits per heavy atom. The molecule has 0 aliphatic carbocycles. The molecule has 8 nitrogen and oxygen atoms in total. The highest BCUT2D eigenvalue weighted by atomic mass is 16.5. The van der Waals surface area contributed by atoms with E-state index in [2.05, 4.69) is 5.32 Å². The maximum absolute atomic E-state index is 11.9. The molecule has 0 radical (unpaired) electrons. The quantitative estimate of drug-likeness (QED) is 0.554. The second-order valence-corrected chi connectivity index (χ2v) is 6.22. The van der Waals surface area contributed by atoms with Gasteiger partial charge >= 0.3 is 5.97 Å². The summed E-state index contributed by atoms with van der Waals surface area (Å²) in [5, 5.41) is 11.7. The summed E-state index contributed by atoms with van der Waals surface area (Å²) < 4.78 is 5.48. The number of hydrogen-bond acceptors (Lipinski definition) is 5. The van der Waals surface area contributed by atoms with E-state index in [0.29, 0.717) is 6.61 Å². The van der Waals surface area contributed by atoms with Gasteiger partial charge in [-0.1, -0.05) is 13.8 Å². The molecule has 0 saturated carbocycles. The molecule has 0 fully saturated rings. The van der Waals surface area contributed by atoms with E-state index in [-0.39, 0.29) is 31.8 Å². The van der Waals surface area contributed by atoms with Crippen LogP contribution in [-0.4, -0.2) is 59.5 Å². The number of imide groups is 1. The summed E-state index contributed by atoms with van der Waals surface area (Å²) in [6.07, 6.45) is 1.64. The number of ether oxygens (including phenoxy) is 1. The Balaban J connectivity index is 2.47. The predicted octanol–water partition coefficient (Wildman–Crippen LogP) is 0.324. The first-order valence-corrected chi connectivity index (χ1v) is 7.81. The smallest absolute Gasteiger partial charge is 0.306 e. The van der Waals surface area contributed by atoms with Crippen LogP contribution in [0.15, 0.2) is 12.2 Å². The molecule has 3 amide bonds. The van der Waals surface area contributed by atoms with Crippen molar-refractivity contribution in [1.29, 1.82) is 0 Å². The number of rotatable bonds is 10. The van der Waals surface area contributed by atoms with Crippen molar-refractivity contribution in [3.8, 4) is 0 Å². The van der Waals surface area contributed by atoms with Gasteiger partial charge in [0, 0.05) is 43.7 Å². The zero-order valence-electron chi connectivity index (χ0n) is 14.2. The fourth-order valence-electron chi connectivity index (χ4n) is 2.31. The van der Waals surface area contributed by atoms with Crippen LogP contribution in [0.3, 0.4) is 0 Å². The van der Waals surface area contributed by atoms with Crippen LogP contribution in [0.2, 0.25) is 0 Å². The van der Waals surface area contributed by atoms with Crippen molar-refractivity contribution in [3.05, 3.63) is 12.2 Å².